The van der Waals surface area contributed by atoms with E-state index >= 15 is 0 Å². The minimum Gasteiger partial charge on any atom is -0.385 e. The maximum absolute atomic E-state index is 8.40. The molecule has 5 rings (SSSR count). The van der Waals surface area contributed by atoms with Crippen LogP contribution in [0.25, 0.3) is 11.1 Å². The molecule has 5 N–H and O–H groups in total. The maximum atomic E-state index is 8.40. The number of amidine groups is 2. The minimum absolute atomic E-state index is 0. The number of fused-ring (bicyclic) bond motifs is 1. The van der Waals surface area contributed by atoms with E-state index in [2.05, 4.69) is 34.3 Å². The molecule has 3 aromatic carbocycles. The van der Waals surface area contributed by atoms with Crippen LogP contribution in [0, 0.1) is 5.41 Å². The van der Waals surface area contributed by atoms with Crippen LogP contribution in [0.3, 0.4) is 0 Å². The van der Waals surface area contributed by atoms with E-state index < -0.39 is 5.54 Å². The zero-order valence-electron chi connectivity index (χ0n) is 17.7. The Morgan fingerprint density at radius 1 is 0.848 bits per heavy atom. The summed E-state index contributed by atoms with van der Waals surface area (Å²) in [6, 6.07) is 26.1. The Balaban J connectivity index is 0.00000153. The van der Waals surface area contributed by atoms with Crippen molar-refractivity contribution in [3.05, 3.63) is 95.6 Å². The van der Waals surface area contributed by atoms with Gasteiger partial charge in [-0.15, -0.1) is 24.8 Å². The Morgan fingerprint density at radius 3 is 2.18 bits per heavy atom. The Bertz CT molecular complexity index is 1270. The predicted molar refractivity (Wildman–Crippen MR) is 140 cm³/mol. The summed E-state index contributed by atoms with van der Waals surface area (Å²) < 4.78 is 0. The molecular formula is C25H24Cl2N6. The molecule has 6 nitrogen and oxygen atoms in total. The van der Waals surface area contributed by atoms with Crippen LogP contribution in [-0.2, 0) is 12.0 Å². The van der Waals surface area contributed by atoms with Crippen molar-refractivity contribution in [3.8, 4) is 11.1 Å². The zero-order valence-corrected chi connectivity index (χ0v) is 19.4. The average Bonchev–Trinajstić information content (AvgIpc) is 3.36. The molecule has 0 aromatic heterocycles. The quantitative estimate of drug-likeness (QED) is 0.380. The van der Waals surface area contributed by atoms with Gasteiger partial charge < -0.3 is 11.5 Å². The summed E-state index contributed by atoms with van der Waals surface area (Å²) in [5.41, 5.74) is 17.0. The number of benzene rings is 3. The van der Waals surface area contributed by atoms with Gasteiger partial charge in [-0.25, -0.2) is 9.98 Å². The monoisotopic (exact) mass is 478 g/mol. The molecule has 1 aliphatic carbocycles. The van der Waals surface area contributed by atoms with Gasteiger partial charge in [0.05, 0.1) is 5.71 Å². The van der Waals surface area contributed by atoms with Crippen LogP contribution in [-0.4, -0.2) is 23.3 Å². The van der Waals surface area contributed by atoms with Crippen molar-refractivity contribution < 1.29 is 0 Å². The van der Waals surface area contributed by atoms with Crippen LogP contribution >= 0.6 is 24.8 Å². The summed E-state index contributed by atoms with van der Waals surface area (Å²) in [6.45, 7) is 0. The molecule has 0 saturated carbocycles. The van der Waals surface area contributed by atoms with Gasteiger partial charge in [0.15, 0.2) is 5.84 Å². The van der Waals surface area contributed by atoms with Crippen molar-refractivity contribution in [1.29, 1.82) is 5.41 Å². The van der Waals surface area contributed by atoms with E-state index in [-0.39, 0.29) is 36.6 Å². The lowest BCUT2D eigenvalue weighted by molar-refractivity contribution is 0.805. The largest absolute Gasteiger partial charge is 0.385 e. The maximum Gasteiger partial charge on any atom is 0.219 e. The number of nitrogens with two attached hydrogens (primary N) is 2. The standard InChI is InChI=1S/C25H22N6.2ClH/c26-22(27)25(19-13-10-17(11-14-19)16-6-2-1-3-7-16)23(30-24(28)31-25)29-21-15-12-18-8-4-5-9-20(18)21;;/h1-11,13-14H,12,15H2,(H3,26,27)(H2,28,31);2*1H. The first-order valence-corrected chi connectivity index (χ1v) is 10.2. The number of nitrogens with one attached hydrogen (secondary N) is 1. The highest BCUT2D eigenvalue weighted by molar-refractivity contribution is 6.24. The second-order valence-electron chi connectivity index (χ2n) is 7.69. The van der Waals surface area contributed by atoms with Crippen molar-refractivity contribution in [3.63, 3.8) is 0 Å². The first-order valence-electron chi connectivity index (χ1n) is 10.2. The Labute approximate surface area is 204 Å². The minimum atomic E-state index is -1.32. The smallest absolute Gasteiger partial charge is 0.219 e. The highest BCUT2D eigenvalue weighted by Gasteiger charge is 2.46. The summed E-state index contributed by atoms with van der Waals surface area (Å²) in [7, 11) is 0. The van der Waals surface area contributed by atoms with Gasteiger partial charge in [0.25, 0.3) is 0 Å². The summed E-state index contributed by atoms with van der Waals surface area (Å²) in [6.07, 6.45) is 1.73. The molecule has 0 amide bonds. The van der Waals surface area contributed by atoms with Crippen molar-refractivity contribution >= 4 is 48.2 Å². The number of aryl methyl sites for hydroxylation is 1. The second kappa shape index (κ2) is 9.57. The fraction of sp³-hybridized carbons (Fsp3) is 0.120. The first kappa shape index (κ1) is 24.2. The molecule has 0 bridgehead atoms. The average molecular weight is 479 g/mol. The number of guanidine groups is 1. The first-order chi connectivity index (χ1) is 15.1. The molecule has 168 valence electrons. The second-order valence-corrected chi connectivity index (χ2v) is 7.69. The summed E-state index contributed by atoms with van der Waals surface area (Å²) in [5, 5.41) is 8.40. The lowest BCUT2D eigenvalue weighted by atomic mass is 9.87. The Kier molecular flexibility index (Phi) is 7.01. The summed E-state index contributed by atoms with van der Waals surface area (Å²) >= 11 is 0. The normalized spacial score (nSPS) is 19.7. The van der Waals surface area contributed by atoms with Gasteiger partial charge in [-0.2, -0.15) is 4.99 Å². The predicted octanol–water partition coefficient (Wildman–Crippen LogP) is 4.49. The van der Waals surface area contributed by atoms with E-state index in [0.717, 1.165) is 40.8 Å². The van der Waals surface area contributed by atoms with Crippen molar-refractivity contribution in [2.75, 3.05) is 0 Å². The molecule has 2 aliphatic rings. The number of aliphatic imine (C=N–C) groups is 3. The van der Waals surface area contributed by atoms with Crippen molar-refractivity contribution in [2.45, 2.75) is 18.4 Å². The van der Waals surface area contributed by atoms with Crippen LogP contribution in [0.4, 0.5) is 0 Å². The molecule has 0 saturated heterocycles. The Morgan fingerprint density at radius 2 is 1.48 bits per heavy atom. The summed E-state index contributed by atoms with van der Waals surface area (Å²) in [4.78, 5) is 13.7. The van der Waals surface area contributed by atoms with Crippen LogP contribution in [0.2, 0.25) is 0 Å². The van der Waals surface area contributed by atoms with Gasteiger partial charge in [-0.1, -0.05) is 78.9 Å². The van der Waals surface area contributed by atoms with E-state index in [1.54, 1.807) is 0 Å². The van der Waals surface area contributed by atoms with E-state index in [1.165, 1.54) is 5.56 Å². The molecule has 33 heavy (non-hydrogen) atoms. The lowest BCUT2D eigenvalue weighted by Crippen LogP contribution is -2.44. The number of halogens is 2. The van der Waals surface area contributed by atoms with Crippen LogP contribution in [0.1, 0.15) is 23.1 Å². The van der Waals surface area contributed by atoms with Crippen molar-refractivity contribution in [1.82, 2.24) is 0 Å². The highest BCUT2D eigenvalue weighted by atomic mass is 35.5. The topological polar surface area (TPSA) is 113 Å². The molecule has 8 heteroatoms. The van der Waals surface area contributed by atoms with E-state index in [4.69, 9.17) is 21.9 Å². The fourth-order valence-corrected chi connectivity index (χ4v) is 4.26. The number of rotatable bonds is 3. The number of hydrogen-bond acceptors (Lipinski definition) is 5. The summed E-state index contributed by atoms with van der Waals surface area (Å²) in [5.74, 6) is 0.263. The van der Waals surface area contributed by atoms with Gasteiger partial charge in [0.1, 0.15) is 5.84 Å². The lowest BCUT2D eigenvalue weighted by Gasteiger charge is -2.25. The molecule has 0 spiro atoms. The van der Waals surface area contributed by atoms with Crippen LogP contribution in [0.5, 0.6) is 0 Å². The molecule has 3 aromatic rings. The number of nitrogens with zero attached hydrogens (tertiary/aromatic N) is 3. The molecule has 1 unspecified atom stereocenters. The SMILES string of the molecule is Cl.Cl.N=C(N)C1(c2ccc(-c3ccccc3)cc2)N=C(N)N=C1N=C1CCc2ccccc21. The molecule has 0 fully saturated rings. The van der Waals surface area contributed by atoms with Crippen LogP contribution < -0.4 is 11.5 Å². The van der Waals surface area contributed by atoms with Gasteiger partial charge in [0.2, 0.25) is 11.5 Å². The third-order valence-corrected chi connectivity index (χ3v) is 5.83. The molecule has 1 aliphatic heterocycles. The third-order valence-electron chi connectivity index (χ3n) is 5.83. The van der Waals surface area contributed by atoms with Crippen molar-refractivity contribution in [2.24, 2.45) is 26.4 Å². The van der Waals surface area contributed by atoms with Crippen LogP contribution in [0.15, 0.2) is 93.8 Å². The highest BCUT2D eigenvalue weighted by Crippen LogP contribution is 2.35. The van der Waals surface area contributed by atoms with Gasteiger partial charge >= 0.3 is 0 Å². The third kappa shape index (κ3) is 4.15. The van der Waals surface area contributed by atoms with Gasteiger partial charge in [-0.3, -0.25) is 5.41 Å². The van der Waals surface area contributed by atoms with E-state index in [0.29, 0.717) is 5.84 Å². The number of hydrogen-bond donors (Lipinski definition) is 3. The molecule has 1 heterocycles. The fourth-order valence-electron chi connectivity index (χ4n) is 4.26. The molecule has 1 atom stereocenters. The van der Waals surface area contributed by atoms with Gasteiger partial charge in [-0.05, 0) is 40.7 Å². The zero-order chi connectivity index (χ0) is 21.4. The molecule has 0 radical (unpaired) electrons. The Hall–Kier alpha value is -3.48. The van der Waals surface area contributed by atoms with E-state index in [9.17, 15) is 0 Å². The molecular weight excluding hydrogens is 455 g/mol. The van der Waals surface area contributed by atoms with Gasteiger partial charge in [0, 0.05) is 0 Å². The van der Waals surface area contributed by atoms with E-state index in [1.807, 2.05) is 54.6 Å².